The third-order valence-corrected chi connectivity index (χ3v) is 3.77. The van der Waals surface area contributed by atoms with Gasteiger partial charge in [0.15, 0.2) is 0 Å². The summed E-state index contributed by atoms with van der Waals surface area (Å²) in [6, 6.07) is 2.03. The molecule has 0 bridgehead atoms. The molecule has 2 atom stereocenters. The molecule has 1 aliphatic rings. The van der Waals surface area contributed by atoms with E-state index in [9.17, 15) is 9.90 Å². The molecule has 4 heteroatoms. The van der Waals surface area contributed by atoms with Crippen molar-refractivity contribution >= 4 is 5.91 Å². The predicted molar refractivity (Wildman–Crippen MR) is 68.5 cm³/mol. The van der Waals surface area contributed by atoms with Crippen molar-refractivity contribution < 1.29 is 14.3 Å². The molecule has 1 aliphatic heterocycles. The average Bonchev–Trinajstić information content (AvgIpc) is 2.68. The summed E-state index contributed by atoms with van der Waals surface area (Å²) in [6.45, 7) is 6.52. The van der Waals surface area contributed by atoms with Crippen LogP contribution >= 0.6 is 0 Å². The Morgan fingerprint density at radius 2 is 2.22 bits per heavy atom. The molecule has 1 aromatic heterocycles. The highest BCUT2D eigenvalue weighted by Gasteiger charge is 2.30. The van der Waals surface area contributed by atoms with E-state index in [1.807, 2.05) is 18.7 Å². The molecule has 1 aromatic rings. The van der Waals surface area contributed by atoms with Crippen LogP contribution in [0, 0.1) is 19.8 Å². The third-order valence-electron chi connectivity index (χ3n) is 3.77. The minimum Gasteiger partial charge on any atom is -0.466 e. The van der Waals surface area contributed by atoms with Gasteiger partial charge in [-0.25, -0.2) is 0 Å². The van der Waals surface area contributed by atoms with Gasteiger partial charge in [0.1, 0.15) is 11.5 Å². The van der Waals surface area contributed by atoms with E-state index in [-0.39, 0.29) is 24.5 Å². The van der Waals surface area contributed by atoms with Crippen LogP contribution in [0.15, 0.2) is 10.5 Å². The number of amides is 1. The molecule has 2 unspecified atom stereocenters. The largest absolute Gasteiger partial charge is 0.466 e. The Balaban J connectivity index is 2.19. The van der Waals surface area contributed by atoms with Crippen molar-refractivity contribution in [3.63, 3.8) is 0 Å². The van der Waals surface area contributed by atoms with E-state index in [1.54, 1.807) is 6.07 Å². The number of aliphatic hydroxyl groups is 1. The Bertz CT molecular complexity index is 438. The monoisotopic (exact) mass is 251 g/mol. The molecule has 1 saturated heterocycles. The molecule has 0 radical (unpaired) electrons. The average molecular weight is 251 g/mol. The van der Waals surface area contributed by atoms with Gasteiger partial charge in [-0.15, -0.1) is 0 Å². The molecule has 0 aromatic carbocycles. The molecular weight excluding hydrogens is 230 g/mol. The number of hydrogen-bond acceptors (Lipinski definition) is 3. The number of nitrogens with zero attached hydrogens (tertiary/aromatic N) is 1. The lowest BCUT2D eigenvalue weighted by Crippen LogP contribution is -2.46. The smallest absolute Gasteiger partial charge is 0.257 e. The van der Waals surface area contributed by atoms with Crippen LogP contribution in [0.25, 0.3) is 0 Å². The topological polar surface area (TPSA) is 53.7 Å². The Morgan fingerprint density at radius 1 is 1.50 bits per heavy atom. The summed E-state index contributed by atoms with van der Waals surface area (Å²) < 4.78 is 5.42. The van der Waals surface area contributed by atoms with Gasteiger partial charge in [-0.2, -0.15) is 0 Å². The molecule has 2 rings (SSSR count). The fourth-order valence-corrected chi connectivity index (χ4v) is 2.61. The molecule has 2 heterocycles. The van der Waals surface area contributed by atoms with Crippen LogP contribution in [0.2, 0.25) is 0 Å². The first-order chi connectivity index (χ1) is 8.52. The van der Waals surface area contributed by atoms with Gasteiger partial charge in [0, 0.05) is 19.2 Å². The van der Waals surface area contributed by atoms with Gasteiger partial charge in [-0.3, -0.25) is 4.79 Å². The zero-order valence-corrected chi connectivity index (χ0v) is 11.3. The first-order valence-electron chi connectivity index (χ1n) is 6.51. The van der Waals surface area contributed by atoms with Gasteiger partial charge in [-0.1, -0.05) is 0 Å². The third kappa shape index (κ3) is 2.43. The maximum absolute atomic E-state index is 12.5. The van der Waals surface area contributed by atoms with Crippen LogP contribution in [0.3, 0.4) is 0 Å². The summed E-state index contributed by atoms with van der Waals surface area (Å²) in [7, 11) is 0. The lowest BCUT2D eigenvalue weighted by Gasteiger charge is -2.37. The van der Waals surface area contributed by atoms with Gasteiger partial charge >= 0.3 is 0 Å². The molecule has 1 amide bonds. The normalized spacial score (nSPS) is 24.3. The number of carbonyl (C=O) groups is 1. The van der Waals surface area contributed by atoms with Gasteiger partial charge < -0.3 is 14.4 Å². The molecule has 100 valence electrons. The molecule has 18 heavy (non-hydrogen) atoms. The van der Waals surface area contributed by atoms with Gasteiger partial charge in [0.05, 0.1) is 5.56 Å². The highest BCUT2D eigenvalue weighted by atomic mass is 16.3. The molecule has 0 saturated carbocycles. The van der Waals surface area contributed by atoms with Crippen LogP contribution in [-0.2, 0) is 0 Å². The fourth-order valence-electron chi connectivity index (χ4n) is 2.61. The maximum atomic E-state index is 12.5. The summed E-state index contributed by atoms with van der Waals surface area (Å²) in [4.78, 5) is 14.4. The minimum atomic E-state index is 0.0231. The highest BCUT2D eigenvalue weighted by molar-refractivity contribution is 5.95. The van der Waals surface area contributed by atoms with Gasteiger partial charge in [0.2, 0.25) is 0 Å². The number of hydrogen-bond donors (Lipinski definition) is 1. The van der Waals surface area contributed by atoms with E-state index in [1.165, 1.54) is 0 Å². The van der Waals surface area contributed by atoms with Crippen LogP contribution in [-0.4, -0.2) is 35.1 Å². The van der Waals surface area contributed by atoms with Crippen molar-refractivity contribution in [2.75, 3.05) is 13.2 Å². The number of aliphatic hydroxyl groups excluding tert-OH is 1. The minimum absolute atomic E-state index is 0.0231. The summed E-state index contributed by atoms with van der Waals surface area (Å²) >= 11 is 0. The lowest BCUT2D eigenvalue weighted by atomic mass is 9.93. The zero-order valence-electron chi connectivity index (χ0n) is 11.3. The number of carbonyl (C=O) groups excluding carboxylic acids is 1. The molecule has 0 aliphatic carbocycles. The Labute approximate surface area is 108 Å². The quantitative estimate of drug-likeness (QED) is 0.876. The summed E-state index contributed by atoms with van der Waals surface area (Å²) in [5.41, 5.74) is 0.651. The van der Waals surface area contributed by atoms with Gasteiger partial charge in [-0.05, 0) is 45.6 Å². The lowest BCUT2D eigenvalue weighted by molar-refractivity contribution is 0.0487. The SMILES string of the molecule is Cc1cc(C(=O)N2CC(CO)CCC2C)c(C)o1. The van der Waals surface area contributed by atoms with Gasteiger partial charge in [0.25, 0.3) is 5.91 Å². The molecule has 1 N–H and O–H groups in total. The molecular formula is C14H21NO3. The van der Waals surface area contributed by atoms with Crippen LogP contribution < -0.4 is 0 Å². The standard InChI is InChI=1S/C14H21NO3/c1-9-4-5-12(8-16)7-15(9)14(17)13-6-10(2)18-11(13)3/h6,9,12,16H,4-5,7-8H2,1-3H3. The van der Waals surface area contributed by atoms with E-state index in [4.69, 9.17) is 4.42 Å². The number of furan rings is 1. The number of rotatable bonds is 2. The Hall–Kier alpha value is -1.29. The van der Waals surface area contributed by atoms with E-state index in [2.05, 4.69) is 6.92 Å². The Kier molecular flexibility index (Phi) is 3.76. The van der Waals surface area contributed by atoms with Crippen LogP contribution in [0.5, 0.6) is 0 Å². The highest BCUT2D eigenvalue weighted by Crippen LogP contribution is 2.25. The molecule has 0 spiro atoms. The van der Waals surface area contributed by atoms with E-state index in [0.29, 0.717) is 17.9 Å². The van der Waals surface area contributed by atoms with Crippen molar-refractivity contribution in [2.24, 2.45) is 5.92 Å². The number of piperidine rings is 1. The van der Waals surface area contributed by atoms with Crippen LogP contribution in [0.1, 0.15) is 41.6 Å². The number of likely N-dealkylation sites (tertiary alicyclic amines) is 1. The van der Waals surface area contributed by atoms with E-state index < -0.39 is 0 Å². The second-order valence-electron chi connectivity index (χ2n) is 5.26. The second kappa shape index (κ2) is 5.14. The van der Waals surface area contributed by atoms with E-state index >= 15 is 0 Å². The van der Waals surface area contributed by atoms with E-state index in [0.717, 1.165) is 18.6 Å². The van der Waals surface area contributed by atoms with Crippen LogP contribution in [0.4, 0.5) is 0 Å². The predicted octanol–water partition coefficient (Wildman–Crippen LogP) is 2.13. The van der Waals surface area contributed by atoms with Crippen molar-refractivity contribution in [1.29, 1.82) is 0 Å². The van der Waals surface area contributed by atoms with Crippen molar-refractivity contribution in [2.45, 2.75) is 39.7 Å². The maximum Gasteiger partial charge on any atom is 0.257 e. The zero-order chi connectivity index (χ0) is 13.3. The van der Waals surface area contributed by atoms with Crippen molar-refractivity contribution in [3.8, 4) is 0 Å². The number of aryl methyl sites for hydroxylation is 2. The summed E-state index contributed by atoms with van der Waals surface area (Å²) in [5.74, 6) is 1.67. The fraction of sp³-hybridized carbons (Fsp3) is 0.643. The Morgan fingerprint density at radius 3 is 2.78 bits per heavy atom. The molecule has 4 nitrogen and oxygen atoms in total. The second-order valence-corrected chi connectivity index (χ2v) is 5.26. The first-order valence-corrected chi connectivity index (χ1v) is 6.51. The summed E-state index contributed by atoms with van der Waals surface area (Å²) in [6.07, 6.45) is 1.94. The first kappa shape index (κ1) is 13.1. The van der Waals surface area contributed by atoms with Crippen molar-refractivity contribution in [1.82, 2.24) is 4.90 Å². The molecule has 1 fully saturated rings. The van der Waals surface area contributed by atoms with Crippen molar-refractivity contribution in [3.05, 3.63) is 23.2 Å². The summed E-state index contributed by atoms with van der Waals surface area (Å²) in [5, 5.41) is 9.25.